The normalized spacial score (nSPS) is 17.1. The molecule has 36 heavy (non-hydrogen) atoms. The van der Waals surface area contributed by atoms with E-state index >= 15 is 0 Å². The molecule has 0 amide bonds. The number of nitrogens with zero attached hydrogens (tertiary/aromatic N) is 4. The topological polar surface area (TPSA) is 72.4 Å². The van der Waals surface area contributed by atoms with Gasteiger partial charge < -0.3 is 19.7 Å². The number of anilines is 1. The van der Waals surface area contributed by atoms with Crippen molar-refractivity contribution in [3.05, 3.63) is 59.5 Å². The first-order valence-corrected chi connectivity index (χ1v) is 12.0. The van der Waals surface area contributed by atoms with E-state index in [1.165, 1.54) is 19.2 Å². The lowest BCUT2D eigenvalue weighted by molar-refractivity contribution is -0.140. The molecule has 1 saturated heterocycles. The van der Waals surface area contributed by atoms with Gasteiger partial charge in [-0.25, -0.2) is 9.97 Å². The predicted octanol–water partition coefficient (Wildman–Crippen LogP) is 4.61. The fraction of sp³-hybridized carbons (Fsp3) is 0.423. The molecule has 0 aliphatic carbocycles. The lowest BCUT2D eigenvalue weighted by Crippen LogP contribution is -2.51. The molecule has 0 saturated carbocycles. The van der Waals surface area contributed by atoms with Crippen molar-refractivity contribution >= 4 is 5.69 Å². The maximum absolute atomic E-state index is 13.7. The molecule has 1 spiro atoms. The lowest BCUT2D eigenvalue weighted by Gasteiger charge is -2.46. The number of aromatic nitrogens is 3. The number of hydrogen-bond donors (Lipinski definition) is 1. The standard InChI is InChI=1S/C26H28F3N5O2/c1-3-36-24-17(5-4-12-31-24)19-7-6-18-20(32-19)15-30-16-25(18)10-13-34(14-11-25)21-8-9-22(35-2)33-23(21)26(27,28)29/h4-9,12,30H,3,10-11,13-16H2,1-2H3. The number of rotatable bonds is 5. The Morgan fingerprint density at radius 1 is 1.08 bits per heavy atom. The summed E-state index contributed by atoms with van der Waals surface area (Å²) in [6, 6.07) is 10.8. The van der Waals surface area contributed by atoms with Gasteiger partial charge in [-0.1, -0.05) is 6.07 Å². The number of ether oxygens (including phenoxy) is 2. The van der Waals surface area contributed by atoms with Crippen LogP contribution >= 0.6 is 0 Å². The summed E-state index contributed by atoms with van der Waals surface area (Å²) in [5.74, 6) is 0.501. The van der Waals surface area contributed by atoms with E-state index < -0.39 is 11.9 Å². The van der Waals surface area contributed by atoms with E-state index in [0.29, 0.717) is 45.0 Å². The third-order valence-electron chi connectivity index (χ3n) is 7.02. The van der Waals surface area contributed by atoms with E-state index in [0.717, 1.165) is 29.1 Å². The van der Waals surface area contributed by atoms with Gasteiger partial charge in [-0.3, -0.25) is 4.98 Å². The summed E-state index contributed by atoms with van der Waals surface area (Å²) < 4.78 is 51.8. The zero-order valence-electron chi connectivity index (χ0n) is 20.2. The molecule has 2 aliphatic rings. The Kier molecular flexibility index (Phi) is 6.46. The number of piperidine rings is 1. The van der Waals surface area contributed by atoms with E-state index in [2.05, 4.69) is 21.4 Å². The second-order valence-corrected chi connectivity index (χ2v) is 9.07. The molecule has 5 heterocycles. The molecule has 5 rings (SSSR count). The predicted molar refractivity (Wildman–Crippen MR) is 129 cm³/mol. The number of fused-ring (bicyclic) bond motifs is 2. The quantitative estimate of drug-likeness (QED) is 0.550. The first-order valence-electron chi connectivity index (χ1n) is 12.0. The van der Waals surface area contributed by atoms with Crippen molar-refractivity contribution in [1.29, 1.82) is 0 Å². The van der Waals surface area contributed by atoms with Gasteiger partial charge in [0.2, 0.25) is 11.8 Å². The van der Waals surface area contributed by atoms with E-state index in [-0.39, 0.29) is 17.0 Å². The van der Waals surface area contributed by atoms with Gasteiger partial charge in [-0.2, -0.15) is 13.2 Å². The van der Waals surface area contributed by atoms with Crippen molar-refractivity contribution in [2.75, 3.05) is 38.3 Å². The monoisotopic (exact) mass is 499 g/mol. The van der Waals surface area contributed by atoms with Crippen LogP contribution in [-0.4, -0.2) is 48.3 Å². The van der Waals surface area contributed by atoms with Crippen molar-refractivity contribution in [3.8, 4) is 23.0 Å². The van der Waals surface area contributed by atoms with Gasteiger partial charge in [0.1, 0.15) is 0 Å². The van der Waals surface area contributed by atoms with Gasteiger partial charge in [-0.15, -0.1) is 0 Å². The minimum Gasteiger partial charge on any atom is -0.481 e. The molecule has 0 atom stereocenters. The molecule has 1 N–H and O–H groups in total. The van der Waals surface area contributed by atoms with Gasteiger partial charge in [0, 0.05) is 43.9 Å². The largest absolute Gasteiger partial charge is 0.481 e. The highest BCUT2D eigenvalue weighted by Gasteiger charge is 2.43. The summed E-state index contributed by atoms with van der Waals surface area (Å²) in [5.41, 5.74) is 2.74. The number of methoxy groups -OCH3 is 1. The van der Waals surface area contributed by atoms with Crippen LogP contribution in [0.3, 0.4) is 0 Å². The summed E-state index contributed by atoms with van der Waals surface area (Å²) in [7, 11) is 1.31. The third-order valence-corrected chi connectivity index (χ3v) is 7.02. The molecular formula is C26H28F3N5O2. The Bertz CT molecular complexity index is 1240. The highest BCUT2D eigenvalue weighted by molar-refractivity contribution is 5.65. The molecule has 190 valence electrons. The highest BCUT2D eigenvalue weighted by Crippen LogP contribution is 2.43. The van der Waals surface area contributed by atoms with Crippen LogP contribution in [-0.2, 0) is 18.1 Å². The molecular weight excluding hydrogens is 471 g/mol. The van der Waals surface area contributed by atoms with Crippen LogP contribution in [0.4, 0.5) is 18.9 Å². The van der Waals surface area contributed by atoms with Crippen molar-refractivity contribution in [3.63, 3.8) is 0 Å². The Hall–Kier alpha value is -3.40. The first-order chi connectivity index (χ1) is 17.3. The van der Waals surface area contributed by atoms with Gasteiger partial charge in [-0.05, 0) is 49.6 Å². The average Bonchev–Trinajstić information content (AvgIpc) is 2.89. The SMILES string of the molecule is CCOc1ncccc1-c1ccc2c(n1)CNCC21CCN(c2ccc(OC)nc2C(F)(F)F)CC1. The summed E-state index contributed by atoms with van der Waals surface area (Å²) in [5, 5.41) is 3.49. The average molecular weight is 500 g/mol. The summed E-state index contributed by atoms with van der Waals surface area (Å²) in [6.07, 6.45) is -1.46. The van der Waals surface area contributed by atoms with Crippen LogP contribution in [0.25, 0.3) is 11.3 Å². The van der Waals surface area contributed by atoms with Gasteiger partial charge in [0.05, 0.1) is 36.4 Å². The summed E-state index contributed by atoms with van der Waals surface area (Å²) in [4.78, 5) is 14.8. The van der Waals surface area contributed by atoms with E-state index in [1.807, 2.05) is 25.1 Å². The molecule has 1 fully saturated rings. The van der Waals surface area contributed by atoms with Crippen LogP contribution in [0.15, 0.2) is 42.6 Å². The Morgan fingerprint density at radius 3 is 2.61 bits per heavy atom. The summed E-state index contributed by atoms with van der Waals surface area (Å²) in [6.45, 7) is 4.79. The fourth-order valence-electron chi connectivity index (χ4n) is 5.26. The van der Waals surface area contributed by atoms with Crippen LogP contribution in [0.2, 0.25) is 0 Å². The maximum atomic E-state index is 13.7. The number of hydrogen-bond acceptors (Lipinski definition) is 7. The smallest absolute Gasteiger partial charge is 0.435 e. The van der Waals surface area contributed by atoms with E-state index in [4.69, 9.17) is 14.5 Å². The molecule has 3 aromatic rings. The maximum Gasteiger partial charge on any atom is 0.435 e. The molecule has 0 radical (unpaired) electrons. The number of halogens is 3. The number of nitrogens with one attached hydrogen (secondary N) is 1. The van der Waals surface area contributed by atoms with Crippen LogP contribution < -0.4 is 19.7 Å². The third kappa shape index (κ3) is 4.45. The fourth-order valence-corrected chi connectivity index (χ4v) is 5.26. The van der Waals surface area contributed by atoms with Crippen LogP contribution in [0.1, 0.15) is 36.7 Å². The van der Waals surface area contributed by atoms with Crippen molar-refractivity contribution in [2.24, 2.45) is 0 Å². The molecule has 0 unspecified atom stereocenters. The van der Waals surface area contributed by atoms with E-state index in [1.54, 1.807) is 11.1 Å². The zero-order valence-corrected chi connectivity index (χ0v) is 20.2. The number of pyridine rings is 3. The van der Waals surface area contributed by atoms with Crippen LogP contribution in [0.5, 0.6) is 11.8 Å². The van der Waals surface area contributed by atoms with Gasteiger partial charge in [0.25, 0.3) is 0 Å². The van der Waals surface area contributed by atoms with Crippen molar-refractivity contribution in [2.45, 2.75) is 37.9 Å². The second kappa shape index (κ2) is 9.57. The Labute approximate surface area is 207 Å². The molecule has 0 bridgehead atoms. The Balaban J connectivity index is 1.41. The first kappa shape index (κ1) is 24.3. The molecule has 3 aromatic heterocycles. The lowest BCUT2D eigenvalue weighted by atomic mass is 9.70. The molecule has 7 nitrogen and oxygen atoms in total. The van der Waals surface area contributed by atoms with E-state index in [9.17, 15) is 13.2 Å². The second-order valence-electron chi connectivity index (χ2n) is 9.07. The number of alkyl halides is 3. The van der Waals surface area contributed by atoms with Crippen molar-refractivity contribution in [1.82, 2.24) is 20.3 Å². The molecule has 2 aliphatic heterocycles. The molecule has 0 aromatic carbocycles. The minimum atomic E-state index is -4.56. The summed E-state index contributed by atoms with van der Waals surface area (Å²) >= 11 is 0. The van der Waals surface area contributed by atoms with Crippen molar-refractivity contribution < 1.29 is 22.6 Å². The zero-order chi connectivity index (χ0) is 25.3. The molecule has 10 heteroatoms. The highest BCUT2D eigenvalue weighted by atomic mass is 19.4. The van der Waals surface area contributed by atoms with Gasteiger partial charge in [0.15, 0.2) is 5.69 Å². The Morgan fingerprint density at radius 2 is 1.89 bits per heavy atom. The minimum absolute atomic E-state index is 0.0482. The van der Waals surface area contributed by atoms with Crippen LogP contribution in [0, 0.1) is 0 Å². The van der Waals surface area contributed by atoms with Gasteiger partial charge >= 0.3 is 6.18 Å².